The lowest BCUT2D eigenvalue weighted by molar-refractivity contribution is -0.119. The Morgan fingerprint density at radius 3 is 2.54 bits per heavy atom. The van der Waals surface area contributed by atoms with Gasteiger partial charge in [0, 0.05) is 56.5 Å². The smallest absolute Gasteiger partial charge is 0.248 e. The van der Waals surface area contributed by atoms with Crippen molar-refractivity contribution in [2.45, 2.75) is 56.6 Å². The number of ether oxygens (including phenoxy) is 1. The largest absolute Gasteiger partial charge is 0.389 e. The molecule has 2 aliphatic heterocycles. The highest BCUT2D eigenvalue weighted by molar-refractivity contribution is 6.34. The molecule has 4 fully saturated rings. The summed E-state index contributed by atoms with van der Waals surface area (Å²) in [5.74, 6) is -2.48. The van der Waals surface area contributed by atoms with E-state index in [9.17, 15) is 18.7 Å². The van der Waals surface area contributed by atoms with E-state index in [0.717, 1.165) is 42.6 Å². The third kappa shape index (κ3) is 4.58. The molecule has 37 heavy (non-hydrogen) atoms. The molecule has 1 spiro atoms. The van der Waals surface area contributed by atoms with Crippen LogP contribution in [0.25, 0.3) is 10.8 Å². The van der Waals surface area contributed by atoms with Crippen LogP contribution in [0.5, 0.6) is 0 Å². The Bertz CT molecular complexity index is 1210. The Balaban J connectivity index is 1.13. The first-order valence-corrected chi connectivity index (χ1v) is 13.5. The second-order valence-corrected chi connectivity index (χ2v) is 12.0. The number of nitrogens with one attached hydrogen (secondary N) is 1. The number of carbonyl (C=O) groups excluding carboxylic acids is 1. The predicted octanol–water partition coefficient (Wildman–Crippen LogP) is 4.31. The number of benzene rings is 1. The highest BCUT2D eigenvalue weighted by Gasteiger charge is 2.61. The summed E-state index contributed by atoms with van der Waals surface area (Å²) in [5.41, 5.74) is 0.301. The van der Waals surface area contributed by atoms with Crippen molar-refractivity contribution in [3.63, 3.8) is 0 Å². The van der Waals surface area contributed by atoms with Gasteiger partial charge in [-0.2, -0.15) is 0 Å². The van der Waals surface area contributed by atoms with Crippen molar-refractivity contribution >= 4 is 39.8 Å². The zero-order valence-electron chi connectivity index (χ0n) is 21.0. The lowest BCUT2D eigenvalue weighted by Gasteiger charge is -2.45. The summed E-state index contributed by atoms with van der Waals surface area (Å²) in [6.45, 7) is 6.07. The minimum absolute atomic E-state index is 0.129. The van der Waals surface area contributed by atoms with E-state index in [1.807, 2.05) is 18.2 Å². The molecule has 2 aliphatic carbocycles. The molecule has 10 heteroatoms. The van der Waals surface area contributed by atoms with Crippen molar-refractivity contribution in [2.75, 3.05) is 49.6 Å². The molecule has 1 amide bonds. The number of aromatic nitrogens is 1. The monoisotopic (exact) mass is 534 g/mol. The first kappa shape index (κ1) is 25.2. The van der Waals surface area contributed by atoms with Crippen molar-refractivity contribution in [1.29, 1.82) is 0 Å². The number of rotatable bonds is 4. The van der Waals surface area contributed by atoms with Gasteiger partial charge in [0.05, 0.1) is 35.6 Å². The van der Waals surface area contributed by atoms with E-state index >= 15 is 0 Å². The van der Waals surface area contributed by atoms with E-state index in [4.69, 9.17) is 16.3 Å². The fraction of sp³-hybridized carbons (Fsp3) is 0.630. The minimum Gasteiger partial charge on any atom is -0.389 e. The number of piperazine rings is 1. The average Bonchev–Trinajstić information content (AvgIpc) is 3.49. The number of nitrogens with zero attached hydrogens (tertiary/aromatic N) is 3. The molecule has 0 bridgehead atoms. The Morgan fingerprint density at radius 2 is 1.86 bits per heavy atom. The summed E-state index contributed by atoms with van der Waals surface area (Å²) >= 11 is 6.66. The molecule has 4 aliphatic rings. The molecule has 200 valence electrons. The van der Waals surface area contributed by atoms with E-state index in [1.165, 1.54) is 0 Å². The van der Waals surface area contributed by atoms with Gasteiger partial charge in [-0.1, -0.05) is 11.6 Å². The number of amides is 1. The van der Waals surface area contributed by atoms with Gasteiger partial charge in [-0.3, -0.25) is 9.69 Å². The third-order valence-electron chi connectivity index (χ3n) is 9.25. The van der Waals surface area contributed by atoms with Crippen LogP contribution in [0.15, 0.2) is 24.4 Å². The minimum atomic E-state index is -2.59. The van der Waals surface area contributed by atoms with Crippen molar-refractivity contribution < 1.29 is 23.4 Å². The molecule has 3 unspecified atom stereocenters. The molecule has 3 atom stereocenters. The zero-order valence-corrected chi connectivity index (χ0v) is 21.7. The summed E-state index contributed by atoms with van der Waals surface area (Å²) in [6.07, 6.45) is 2.44. The van der Waals surface area contributed by atoms with E-state index in [2.05, 4.69) is 27.0 Å². The van der Waals surface area contributed by atoms with E-state index in [1.54, 1.807) is 6.20 Å². The highest BCUT2D eigenvalue weighted by atomic mass is 35.5. The van der Waals surface area contributed by atoms with Crippen LogP contribution in [0.3, 0.4) is 0 Å². The molecule has 1 aromatic heterocycles. The number of anilines is 2. The number of alkyl halides is 2. The molecule has 7 nitrogen and oxygen atoms in total. The first-order valence-electron chi connectivity index (χ1n) is 13.1. The van der Waals surface area contributed by atoms with Gasteiger partial charge < -0.3 is 20.1 Å². The van der Waals surface area contributed by atoms with E-state index in [-0.39, 0.29) is 35.6 Å². The van der Waals surface area contributed by atoms with Crippen LogP contribution in [0.1, 0.15) is 39.0 Å². The highest BCUT2D eigenvalue weighted by Crippen LogP contribution is 2.63. The second kappa shape index (κ2) is 9.00. The number of hydrogen-bond donors (Lipinski definition) is 2. The van der Waals surface area contributed by atoms with E-state index < -0.39 is 12.0 Å². The second-order valence-electron chi connectivity index (χ2n) is 11.5. The topological polar surface area (TPSA) is 77.9 Å². The maximum Gasteiger partial charge on any atom is 0.248 e. The van der Waals surface area contributed by atoms with Gasteiger partial charge in [-0.05, 0) is 55.2 Å². The number of carbonyl (C=O) groups is 1. The molecule has 0 radical (unpaired) electrons. The fourth-order valence-corrected chi connectivity index (χ4v) is 6.77. The molecule has 1 aromatic carbocycles. The molecule has 2 N–H and O–H groups in total. The van der Waals surface area contributed by atoms with Crippen molar-refractivity contribution in [2.24, 2.45) is 11.3 Å². The number of hydrogen-bond acceptors (Lipinski definition) is 6. The Labute approximate surface area is 220 Å². The average molecular weight is 535 g/mol. The normalized spacial score (nSPS) is 31.1. The van der Waals surface area contributed by atoms with Gasteiger partial charge in [-0.25, -0.2) is 13.8 Å². The summed E-state index contributed by atoms with van der Waals surface area (Å²) < 4.78 is 32.7. The quantitative estimate of drug-likeness (QED) is 0.608. The predicted molar refractivity (Wildman–Crippen MR) is 138 cm³/mol. The van der Waals surface area contributed by atoms with Gasteiger partial charge in [0.1, 0.15) is 5.82 Å². The van der Waals surface area contributed by atoms with Gasteiger partial charge in [0.25, 0.3) is 0 Å². The molecular formula is C27H33ClF2N4O3. The number of aliphatic hydroxyl groups excluding tert-OH is 1. The number of pyridine rings is 1. The number of aliphatic hydroxyl groups is 1. The molecule has 3 heterocycles. The lowest BCUT2D eigenvalue weighted by Crippen LogP contribution is -2.60. The molecule has 2 saturated heterocycles. The van der Waals surface area contributed by atoms with Gasteiger partial charge in [-0.15, -0.1) is 0 Å². The van der Waals surface area contributed by atoms with Crippen LogP contribution >= 0.6 is 11.6 Å². The molecule has 2 aromatic rings. The van der Waals surface area contributed by atoms with E-state index in [0.29, 0.717) is 43.3 Å². The molecule has 6 rings (SSSR count). The van der Waals surface area contributed by atoms with Crippen LogP contribution in [-0.2, 0) is 9.53 Å². The standard InChI is InChI=1S/C27H33ClF2N4O3/c1-25(16-37-15-22(25)35)34-8-6-33(7-9-34)21-11-17-12-23(31-14-18(17)10-20(21)28)32-24(36)19-13-26(19)2-4-27(29,30)5-3-26/h10-12,14,19,22,35H,2-9,13,15-16H2,1H3,(H,31,32,36). The first-order chi connectivity index (χ1) is 17.6. The van der Waals surface area contributed by atoms with Crippen molar-refractivity contribution in [1.82, 2.24) is 9.88 Å². The summed E-state index contributed by atoms with van der Waals surface area (Å²) in [6, 6.07) is 5.77. The van der Waals surface area contributed by atoms with Crippen LogP contribution in [0.2, 0.25) is 5.02 Å². The van der Waals surface area contributed by atoms with Crippen molar-refractivity contribution in [3.8, 4) is 0 Å². The summed E-state index contributed by atoms with van der Waals surface area (Å²) in [7, 11) is 0. The zero-order chi connectivity index (χ0) is 26.0. The number of halogens is 3. The van der Waals surface area contributed by atoms with Crippen molar-refractivity contribution in [3.05, 3.63) is 29.4 Å². The summed E-state index contributed by atoms with van der Waals surface area (Å²) in [4.78, 5) is 21.8. The van der Waals surface area contributed by atoms with Gasteiger partial charge >= 0.3 is 0 Å². The van der Waals surface area contributed by atoms with Crippen LogP contribution < -0.4 is 10.2 Å². The van der Waals surface area contributed by atoms with Crippen LogP contribution in [0, 0.1) is 11.3 Å². The SMILES string of the molecule is CC1(N2CCN(c3cc4cc(NC(=O)C5CC56CCC(F)(F)CC6)ncc4cc3Cl)CC2)COCC1O. The van der Waals surface area contributed by atoms with Crippen LogP contribution in [-0.4, -0.2) is 77.9 Å². The Kier molecular flexibility index (Phi) is 6.14. The van der Waals surface area contributed by atoms with Gasteiger partial charge in [0.15, 0.2) is 0 Å². The third-order valence-corrected chi connectivity index (χ3v) is 9.56. The van der Waals surface area contributed by atoms with Crippen LogP contribution in [0.4, 0.5) is 20.3 Å². The maximum absolute atomic E-state index is 13.6. The molecule has 2 saturated carbocycles. The Morgan fingerprint density at radius 1 is 1.14 bits per heavy atom. The maximum atomic E-state index is 13.6. The lowest BCUT2D eigenvalue weighted by atomic mass is 9.82. The summed E-state index contributed by atoms with van der Waals surface area (Å²) in [5, 5.41) is 15.8. The Hall–Kier alpha value is -2.07. The fourth-order valence-electron chi connectivity index (χ4n) is 6.48. The number of fused-ring (bicyclic) bond motifs is 1. The molecular weight excluding hydrogens is 502 g/mol. The van der Waals surface area contributed by atoms with Gasteiger partial charge in [0.2, 0.25) is 11.8 Å².